The molecule has 0 saturated carbocycles. The number of benzene rings is 1. The topological polar surface area (TPSA) is 88.5 Å². The van der Waals surface area contributed by atoms with E-state index in [-0.39, 0.29) is 17.3 Å². The molecule has 1 aliphatic heterocycles. The minimum absolute atomic E-state index is 0.00734. The zero-order valence-electron chi connectivity index (χ0n) is 18.0. The molecule has 1 aromatic carbocycles. The van der Waals surface area contributed by atoms with E-state index in [9.17, 15) is 18.0 Å². The van der Waals surface area contributed by atoms with Gasteiger partial charge in [0.2, 0.25) is 11.8 Å². The predicted molar refractivity (Wildman–Crippen MR) is 117 cm³/mol. The molecule has 2 aromatic rings. The van der Waals surface area contributed by atoms with Crippen molar-refractivity contribution in [2.45, 2.75) is 63.4 Å². The van der Waals surface area contributed by atoms with Gasteiger partial charge in [0.25, 0.3) is 0 Å². The Balaban J connectivity index is 1.88. The molecule has 7 nitrogen and oxygen atoms in total. The lowest BCUT2D eigenvalue weighted by atomic mass is 10.1. The largest absolute Gasteiger partial charge is 0.351 e. The second-order valence-corrected chi connectivity index (χ2v) is 10.9. The van der Waals surface area contributed by atoms with Crippen molar-refractivity contribution in [1.29, 1.82) is 0 Å². The number of aromatic nitrogens is 1. The van der Waals surface area contributed by atoms with Crippen LogP contribution in [0.5, 0.6) is 0 Å². The summed E-state index contributed by atoms with van der Waals surface area (Å²) in [5.74, 6) is -1.18. The van der Waals surface area contributed by atoms with Gasteiger partial charge in [-0.05, 0) is 39.7 Å². The van der Waals surface area contributed by atoms with Crippen LogP contribution in [0.3, 0.4) is 0 Å². The molecule has 8 heteroatoms. The smallest absolute Gasteiger partial charge is 0.242 e. The van der Waals surface area contributed by atoms with Crippen LogP contribution in [-0.2, 0) is 26.0 Å². The second kappa shape index (κ2) is 8.79. The molecule has 3 rings (SSSR count). The number of hydrogen-bond acceptors (Lipinski definition) is 4. The average Bonchev–Trinajstić information content (AvgIpc) is 2.82. The van der Waals surface area contributed by atoms with E-state index in [1.165, 1.54) is 6.20 Å². The Labute approximate surface area is 178 Å². The van der Waals surface area contributed by atoms with Gasteiger partial charge in [0, 0.05) is 35.7 Å². The fourth-order valence-corrected chi connectivity index (χ4v) is 5.23. The molecule has 164 valence electrons. The van der Waals surface area contributed by atoms with Crippen LogP contribution in [0.2, 0.25) is 0 Å². The maximum Gasteiger partial charge on any atom is 0.242 e. The van der Waals surface area contributed by atoms with Crippen LogP contribution in [0.25, 0.3) is 10.9 Å². The number of hydrogen-bond donors (Lipinski definition) is 1. The number of fused-ring (bicyclic) bond motifs is 1. The van der Waals surface area contributed by atoms with Gasteiger partial charge in [-0.25, -0.2) is 8.42 Å². The van der Waals surface area contributed by atoms with Crippen molar-refractivity contribution in [3.8, 4) is 0 Å². The molecule has 0 bridgehead atoms. The van der Waals surface area contributed by atoms with Gasteiger partial charge in [-0.15, -0.1) is 0 Å². The van der Waals surface area contributed by atoms with E-state index in [1.807, 2.05) is 11.0 Å². The van der Waals surface area contributed by atoms with Gasteiger partial charge < -0.3 is 14.8 Å². The van der Waals surface area contributed by atoms with Crippen molar-refractivity contribution in [3.63, 3.8) is 0 Å². The molecule has 1 aromatic heterocycles. The first kappa shape index (κ1) is 22.3. The van der Waals surface area contributed by atoms with Gasteiger partial charge in [0.15, 0.2) is 9.84 Å². The molecule has 0 unspecified atom stereocenters. The van der Waals surface area contributed by atoms with Crippen molar-refractivity contribution in [2.75, 3.05) is 18.8 Å². The number of nitrogens with one attached hydrogen (secondary N) is 1. The Morgan fingerprint density at radius 1 is 1.03 bits per heavy atom. The number of carbonyl (C=O) groups is 2. The maximum absolute atomic E-state index is 13.0. The van der Waals surface area contributed by atoms with Gasteiger partial charge in [-0.2, -0.15) is 0 Å². The van der Waals surface area contributed by atoms with Crippen LogP contribution in [0.1, 0.15) is 46.5 Å². The summed E-state index contributed by atoms with van der Waals surface area (Å²) in [6, 6.07) is 7.10. The van der Waals surface area contributed by atoms with Gasteiger partial charge in [-0.3, -0.25) is 9.59 Å². The van der Waals surface area contributed by atoms with E-state index in [4.69, 9.17) is 0 Å². The lowest BCUT2D eigenvalue weighted by Crippen LogP contribution is -2.43. The molecule has 1 aliphatic rings. The number of rotatable bonds is 5. The zero-order valence-corrected chi connectivity index (χ0v) is 18.8. The summed E-state index contributed by atoms with van der Waals surface area (Å²) in [4.78, 5) is 27.1. The van der Waals surface area contributed by atoms with E-state index in [0.29, 0.717) is 10.9 Å². The minimum Gasteiger partial charge on any atom is -0.351 e. The van der Waals surface area contributed by atoms with Crippen LogP contribution in [0, 0.1) is 0 Å². The van der Waals surface area contributed by atoms with E-state index in [0.717, 1.165) is 38.8 Å². The first-order chi connectivity index (χ1) is 14.1. The fraction of sp³-hybridized carbons (Fsp3) is 0.545. The summed E-state index contributed by atoms with van der Waals surface area (Å²) in [7, 11) is -3.86. The van der Waals surface area contributed by atoms with Crippen molar-refractivity contribution in [3.05, 3.63) is 30.5 Å². The minimum atomic E-state index is -3.86. The van der Waals surface area contributed by atoms with Crippen LogP contribution < -0.4 is 5.32 Å². The molecule has 2 heterocycles. The highest BCUT2D eigenvalue weighted by Crippen LogP contribution is 2.27. The van der Waals surface area contributed by atoms with Gasteiger partial charge >= 0.3 is 0 Å². The summed E-state index contributed by atoms with van der Waals surface area (Å²) in [5.41, 5.74) is 0.163. The highest BCUT2D eigenvalue weighted by atomic mass is 32.2. The van der Waals surface area contributed by atoms with Crippen LogP contribution in [0.15, 0.2) is 35.4 Å². The number of nitrogens with zero attached hydrogens (tertiary/aromatic N) is 2. The summed E-state index contributed by atoms with van der Waals surface area (Å²) in [6.07, 6.45) is 5.77. The Hall–Kier alpha value is -2.35. The molecule has 1 saturated heterocycles. The third kappa shape index (κ3) is 5.41. The highest BCUT2D eigenvalue weighted by molar-refractivity contribution is 7.92. The SMILES string of the molecule is CC(C)(C)NC(=O)CS(=O)(=O)c1cn(CC(=O)N2CCCCCC2)c2ccccc12. The number of likely N-dealkylation sites (tertiary alicyclic amines) is 1. The Kier molecular flexibility index (Phi) is 6.55. The predicted octanol–water partition coefficient (Wildman–Crippen LogP) is 2.73. The normalized spacial score (nSPS) is 15.8. The van der Waals surface area contributed by atoms with E-state index < -0.39 is 27.0 Å². The van der Waals surface area contributed by atoms with E-state index in [1.54, 1.807) is 43.5 Å². The van der Waals surface area contributed by atoms with E-state index in [2.05, 4.69) is 5.32 Å². The standard InChI is InChI=1S/C22H31N3O4S/c1-22(2,3)23-20(26)16-30(28,29)19-14-25(18-11-7-6-10-17(18)19)15-21(27)24-12-8-4-5-9-13-24/h6-7,10-11,14H,4-5,8-9,12-13,15-16H2,1-3H3,(H,23,26). The monoisotopic (exact) mass is 433 g/mol. The molecule has 1 fully saturated rings. The van der Waals surface area contributed by atoms with Crippen LogP contribution in [-0.4, -0.2) is 54.1 Å². The Morgan fingerprint density at radius 3 is 2.30 bits per heavy atom. The average molecular weight is 434 g/mol. The molecular formula is C22H31N3O4S. The van der Waals surface area contributed by atoms with Gasteiger partial charge in [-0.1, -0.05) is 31.0 Å². The summed E-state index contributed by atoms with van der Waals surface area (Å²) >= 11 is 0. The number of carbonyl (C=O) groups excluding carboxylic acids is 2. The van der Waals surface area contributed by atoms with Crippen LogP contribution >= 0.6 is 0 Å². The van der Waals surface area contributed by atoms with Gasteiger partial charge in [0.1, 0.15) is 12.3 Å². The molecule has 0 atom stereocenters. The molecule has 0 spiro atoms. The lowest BCUT2D eigenvalue weighted by molar-refractivity contribution is -0.131. The van der Waals surface area contributed by atoms with Crippen molar-refractivity contribution in [2.24, 2.45) is 0 Å². The third-order valence-electron chi connectivity index (χ3n) is 5.19. The molecule has 30 heavy (non-hydrogen) atoms. The summed E-state index contributed by atoms with van der Waals surface area (Å²) in [5, 5.41) is 3.23. The third-order valence-corrected chi connectivity index (χ3v) is 6.82. The molecule has 2 amide bonds. The number of amides is 2. The maximum atomic E-state index is 13.0. The summed E-state index contributed by atoms with van der Waals surface area (Å²) in [6.45, 7) is 6.99. The number of sulfone groups is 1. The molecule has 1 N–H and O–H groups in total. The second-order valence-electron chi connectivity index (χ2n) is 8.99. The lowest BCUT2D eigenvalue weighted by Gasteiger charge is -2.20. The first-order valence-electron chi connectivity index (χ1n) is 10.5. The zero-order chi connectivity index (χ0) is 21.9. The van der Waals surface area contributed by atoms with Crippen molar-refractivity contribution in [1.82, 2.24) is 14.8 Å². The van der Waals surface area contributed by atoms with Crippen LogP contribution in [0.4, 0.5) is 0 Å². The molecule has 0 radical (unpaired) electrons. The fourth-order valence-electron chi connectivity index (χ4n) is 3.86. The van der Waals surface area contributed by atoms with E-state index >= 15 is 0 Å². The van der Waals surface area contributed by atoms with Crippen molar-refractivity contribution >= 4 is 32.6 Å². The summed E-state index contributed by atoms with van der Waals surface area (Å²) < 4.78 is 27.7. The quantitative estimate of drug-likeness (QED) is 0.785. The molecular weight excluding hydrogens is 402 g/mol. The highest BCUT2D eigenvalue weighted by Gasteiger charge is 2.27. The van der Waals surface area contributed by atoms with Crippen molar-refractivity contribution < 1.29 is 18.0 Å². The number of para-hydroxylation sites is 1. The molecule has 0 aliphatic carbocycles. The van der Waals surface area contributed by atoms with Gasteiger partial charge in [0.05, 0.1) is 4.90 Å². The first-order valence-corrected chi connectivity index (χ1v) is 12.1. The Morgan fingerprint density at radius 2 is 1.67 bits per heavy atom. The Bertz CT molecular complexity index is 1030.